The lowest BCUT2D eigenvalue weighted by Gasteiger charge is -2.18. The second-order valence-corrected chi connectivity index (χ2v) is 7.51. The molecule has 0 aliphatic heterocycles. The minimum absolute atomic E-state index is 0.194. The molecule has 1 heterocycles. The average molecular weight is 386 g/mol. The van der Waals surface area contributed by atoms with E-state index in [9.17, 15) is 0 Å². The van der Waals surface area contributed by atoms with E-state index in [0.29, 0.717) is 17.9 Å². The van der Waals surface area contributed by atoms with Gasteiger partial charge in [-0.3, -0.25) is 0 Å². The van der Waals surface area contributed by atoms with Gasteiger partial charge in [0.25, 0.3) is 0 Å². The van der Waals surface area contributed by atoms with Crippen LogP contribution in [0.3, 0.4) is 0 Å². The molecule has 6 heteroatoms. The molecular weight excluding hydrogens is 358 g/mol. The number of hydrogen-bond acceptors (Lipinski definition) is 5. The summed E-state index contributed by atoms with van der Waals surface area (Å²) in [6.45, 7) is 2.06. The van der Waals surface area contributed by atoms with Crippen LogP contribution in [0.4, 0.5) is 11.9 Å². The first-order chi connectivity index (χ1) is 13.2. The van der Waals surface area contributed by atoms with Crippen molar-refractivity contribution in [2.24, 2.45) is 0 Å². The number of nitrogens with zero attached hydrogens (tertiary/aromatic N) is 3. The first-order valence-corrected chi connectivity index (χ1v) is 10.3. The third-order valence-corrected chi connectivity index (χ3v) is 4.99. The van der Waals surface area contributed by atoms with Crippen molar-refractivity contribution in [3.05, 3.63) is 53.0 Å². The van der Waals surface area contributed by atoms with E-state index in [0.717, 1.165) is 18.5 Å². The fourth-order valence-electron chi connectivity index (χ4n) is 3.36. The smallest absolute Gasteiger partial charge is 0.233 e. The number of nitrogens with one attached hydrogen (secondary N) is 2. The molecule has 0 spiro atoms. The summed E-state index contributed by atoms with van der Waals surface area (Å²) in [7, 11) is 0. The lowest BCUT2D eigenvalue weighted by Crippen LogP contribution is -2.21. The lowest BCUT2D eigenvalue weighted by atomic mass is 10.1. The largest absolute Gasteiger partial charge is 0.351 e. The molecule has 27 heavy (non-hydrogen) atoms. The molecule has 5 nitrogen and oxygen atoms in total. The van der Waals surface area contributed by atoms with Crippen molar-refractivity contribution >= 4 is 23.5 Å². The molecular formula is C21H28ClN5. The van der Waals surface area contributed by atoms with Crippen molar-refractivity contribution in [3.63, 3.8) is 0 Å². The summed E-state index contributed by atoms with van der Waals surface area (Å²) in [5.74, 6) is 0.995. The summed E-state index contributed by atoms with van der Waals surface area (Å²) >= 11 is 6.14. The molecule has 0 bridgehead atoms. The Balaban J connectivity index is 1.68. The highest BCUT2D eigenvalue weighted by atomic mass is 35.5. The highest BCUT2D eigenvalue weighted by Gasteiger charge is 2.13. The maximum absolute atomic E-state index is 6.14. The van der Waals surface area contributed by atoms with E-state index >= 15 is 0 Å². The van der Waals surface area contributed by atoms with Gasteiger partial charge in [-0.05, 0) is 43.5 Å². The SMILES string of the molecule is CC1=C/C=C\C(Nc2nc(Cl)nc(NC3CCCCCCCC3)n2)=C/C=C\1. The average Bonchev–Trinajstić information content (AvgIpc) is 2.73. The predicted octanol–water partition coefficient (Wildman–Crippen LogP) is 5.81. The Hall–Kier alpha value is -2.14. The van der Waals surface area contributed by atoms with Gasteiger partial charge in [0.15, 0.2) is 0 Å². The highest BCUT2D eigenvalue weighted by Crippen LogP contribution is 2.20. The zero-order valence-corrected chi connectivity index (χ0v) is 16.7. The van der Waals surface area contributed by atoms with Gasteiger partial charge in [-0.1, -0.05) is 68.4 Å². The molecule has 2 aliphatic rings. The van der Waals surface area contributed by atoms with E-state index in [2.05, 4.69) is 44.7 Å². The minimum atomic E-state index is 0.194. The zero-order valence-electron chi connectivity index (χ0n) is 15.9. The molecule has 1 saturated carbocycles. The molecule has 0 amide bonds. The van der Waals surface area contributed by atoms with Crippen molar-refractivity contribution in [3.8, 4) is 0 Å². The van der Waals surface area contributed by atoms with Crippen LogP contribution in [0, 0.1) is 0 Å². The maximum Gasteiger partial charge on any atom is 0.233 e. The number of hydrogen-bond donors (Lipinski definition) is 2. The van der Waals surface area contributed by atoms with E-state index < -0.39 is 0 Å². The molecule has 0 aromatic carbocycles. The topological polar surface area (TPSA) is 62.7 Å². The van der Waals surface area contributed by atoms with Gasteiger partial charge < -0.3 is 10.6 Å². The van der Waals surface area contributed by atoms with Gasteiger partial charge in [0.05, 0.1) is 0 Å². The van der Waals surface area contributed by atoms with Crippen LogP contribution in [0.2, 0.25) is 5.28 Å². The summed E-state index contributed by atoms with van der Waals surface area (Å²) < 4.78 is 0. The van der Waals surface area contributed by atoms with Crippen LogP contribution >= 0.6 is 11.6 Å². The standard InChI is InChI=1S/C21H28ClN5/c1-16-10-8-14-18(15-9-11-16)24-21-26-19(22)25-20(27-21)23-17-12-6-4-2-3-5-7-13-17/h8-11,14-15,17H,2-7,12-13H2,1H3,(H2,23,24,25,26,27)/b10-8-,11-9?,14-8?,15-9-,16-10?,16-11-,18-14+,18-15?. The fourth-order valence-corrected chi connectivity index (χ4v) is 3.52. The summed E-state index contributed by atoms with van der Waals surface area (Å²) in [5, 5.41) is 6.89. The van der Waals surface area contributed by atoms with E-state index in [1.54, 1.807) is 0 Å². The van der Waals surface area contributed by atoms with Crippen LogP contribution in [0.15, 0.2) is 47.7 Å². The molecule has 0 unspecified atom stereocenters. The Morgan fingerprint density at radius 1 is 0.852 bits per heavy atom. The van der Waals surface area contributed by atoms with Crippen molar-refractivity contribution in [1.82, 2.24) is 15.0 Å². The third kappa shape index (κ3) is 6.83. The molecule has 2 aliphatic carbocycles. The van der Waals surface area contributed by atoms with Gasteiger partial charge in [0.2, 0.25) is 17.2 Å². The molecule has 1 aromatic rings. The van der Waals surface area contributed by atoms with Crippen LogP contribution in [-0.4, -0.2) is 21.0 Å². The number of halogens is 1. The lowest BCUT2D eigenvalue weighted by molar-refractivity contribution is 0.559. The van der Waals surface area contributed by atoms with Gasteiger partial charge in [0, 0.05) is 11.7 Å². The predicted molar refractivity (Wildman–Crippen MR) is 113 cm³/mol. The number of rotatable bonds is 4. The monoisotopic (exact) mass is 385 g/mol. The molecule has 144 valence electrons. The van der Waals surface area contributed by atoms with E-state index in [4.69, 9.17) is 11.6 Å². The number of allylic oxidation sites excluding steroid dienone is 7. The van der Waals surface area contributed by atoms with Crippen LogP contribution in [0.1, 0.15) is 58.3 Å². The Morgan fingerprint density at radius 2 is 1.52 bits per heavy atom. The summed E-state index contributed by atoms with van der Waals surface area (Å²) in [6.07, 6.45) is 22.2. The second-order valence-electron chi connectivity index (χ2n) is 7.17. The molecule has 0 saturated heterocycles. The maximum atomic E-state index is 6.14. The quantitative estimate of drug-likeness (QED) is 0.684. The van der Waals surface area contributed by atoms with Gasteiger partial charge in [0.1, 0.15) is 0 Å². The number of anilines is 2. The van der Waals surface area contributed by atoms with Crippen molar-refractivity contribution in [2.75, 3.05) is 10.6 Å². The van der Waals surface area contributed by atoms with Gasteiger partial charge >= 0.3 is 0 Å². The van der Waals surface area contributed by atoms with Crippen molar-refractivity contribution in [2.45, 2.75) is 64.3 Å². The van der Waals surface area contributed by atoms with E-state index in [1.807, 2.05) is 24.3 Å². The number of aromatic nitrogens is 3. The van der Waals surface area contributed by atoms with Gasteiger partial charge in [-0.25, -0.2) is 0 Å². The Kier molecular flexibility index (Phi) is 7.45. The van der Waals surface area contributed by atoms with E-state index in [-0.39, 0.29) is 5.28 Å². The normalized spacial score (nSPS) is 25.3. The summed E-state index contributed by atoms with van der Waals surface area (Å²) in [6, 6.07) is 0.394. The van der Waals surface area contributed by atoms with Crippen LogP contribution < -0.4 is 10.6 Å². The molecule has 0 radical (unpaired) electrons. The van der Waals surface area contributed by atoms with Crippen molar-refractivity contribution in [1.29, 1.82) is 0 Å². The minimum Gasteiger partial charge on any atom is -0.351 e. The van der Waals surface area contributed by atoms with E-state index in [1.165, 1.54) is 44.1 Å². The Morgan fingerprint density at radius 3 is 2.30 bits per heavy atom. The summed E-state index contributed by atoms with van der Waals surface area (Å²) in [5.41, 5.74) is 2.09. The van der Waals surface area contributed by atoms with Crippen LogP contribution in [0.5, 0.6) is 0 Å². The molecule has 2 N–H and O–H groups in total. The van der Waals surface area contributed by atoms with Crippen LogP contribution in [-0.2, 0) is 0 Å². The molecule has 1 aromatic heterocycles. The van der Waals surface area contributed by atoms with Crippen molar-refractivity contribution < 1.29 is 0 Å². The van der Waals surface area contributed by atoms with Gasteiger partial charge in [-0.2, -0.15) is 15.0 Å². The molecule has 1 fully saturated rings. The fraction of sp³-hybridized carbons (Fsp3) is 0.476. The summed E-state index contributed by atoms with van der Waals surface area (Å²) in [4.78, 5) is 13.0. The Labute approximate surface area is 166 Å². The zero-order chi connectivity index (χ0) is 18.9. The van der Waals surface area contributed by atoms with Crippen LogP contribution in [0.25, 0.3) is 0 Å². The third-order valence-electron chi connectivity index (χ3n) is 4.82. The van der Waals surface area contributed by atoms with Gasteiger partial charge in [-0.15, -0.1) is 0 Å². The molecule has 3 rings (SSSR count). The first kappa shape index (κ1) is 19.6. The molecule has 0 atom stereocenters. The Bertz CT molecular complexity index is 741. The highest BCUT2D eigenvalue weighted by molar-refractivity contribution is 6.28. The second kappa shape index (κ2) is 10.3. The first-order valence-electron chi connectivity index (χ1n) is 9.87.